The number of nitriles is 2. The van der Waals surface area contributed by atoms with Crippen molar-refractivity contribution in [3.63, 3.8) is 0 Å². The Morgan fingerprint density at radius 1 is 0.579 bits per heavy atom. The zero-order valence-corrected chi connectivity index (χ0v) is 20.7. The molecule has 0 fully saturated rings. The maximum absolute atomic E-state index is 9.12. The van der Waals surface area contributed by atoms with Crippen LogP contribution in [-0.4, -0.2) is 11.4 Å². The SMILES string of the molecule is C=C/C(C#N)=C\C(=N)c1cccc(-c2ccc3cc(-c4cccc(C(=N)/C=C(/C#N)C=C)c4)ccc3c2)c1. The van der Waals surface area contributed by atoms with E-state index in [1.54, 1.807) is 0 Å². The molecule has 38 heavy (non-hydrogen) atoms. The summed E-state index contributed by atoms with van der Waals surface area (Å²) >= 11 is 0. The Kier molecular flexibility index (Phi) is 7.68. The maximum atomic E-state index is 9.12. The summed E-state index contributed by atoms with van der Waals surface area (Å²) < 4.78 is 0. The third-order valence-electron chi connectivity index (χ3n) is 6.15. The number of nitrogens with zero attached hydrogens (tertiary/aromatic N) is 2. The Balaban J connectivity index is 1.64. The Morgan fingerprint density at radius 2 is 0.974 bits per heavy atom. The van der Waals surface area contributed by atoms with Crippen LogP contribution in [0.1, 0.15) is 11.1 Å². The minimum Gasteiger partial charge on any atom is -0.300 e. The van der Waals surface area contributed by atoms with E-state index in [1.165, 1.54) is 24.3 Å². The minimum atomic E-state index is 0.257. The van der Waals surface area contributed by atoms with Crippen molar-refractivity contribution >= 4 is 22.2 Å². The molecule has 0 heterocycles. The monoisotopic (exact) mass is 488 g/mol. The third-order valence-corrected chi connectivity index (χ3v) is 6.15. The van der Waals surface area contributed by atoms with Crippen molar-refractivity contribution in [2.45, 2.75) is 0 Å². The summed E-state index contributed by atoms with van der Waals surface area (Å²) in [7, 11) is 0. The van der Waals surface area contributed by atoms with Crippen molar-refractivity contribution in [3.8, 4) is 34.4 Å². The van der Waals surface area contributed by atoms with Gasteiger partial charge in [-0.15, -0.1) is 0 Å². The van der Waals surface area contributed by atoms with E-state index in [0.717, 1.165) is 44.2 Å². The van der Waals surface area contributed by atoms with Crippen LogP contribution in [0.2, 0.25) is 0 Å². The summed E-state index contributed by atoms with van der Waals surface area (Å²) in [6.45, 7) is 7.23. The van der Waals surface area contributed by atoms with E-state index in [2.05, 4.69) is 49.6 Å². The van der Waals surface area contributed by atoms with E-state index in [0.29, 0.717) is 11.1 Å². The fourth-order valence-electron chi connectivity index (χ4n) is 4.09. The highest BCUT2D eigenvalue weighted by Gasteiger charge is 2.07. The second-order valence-corrected chi connectivity index (χ2v) is 8.60. The van der Waals surface area contributed by atoms with Crippen molar-refractivity contribution in [1.29, 1.82) is 21.3 Å². The van der Waals surface area contributed by atoms with E-state index in [9.17, 15) is 0 Å². The lowest BCUT2D eigenvalue weighted by molar-refractivity contribution is 1.47. The average Bonchev–Trinajstić information content (AvgIpc) is 2.97. The number of hydrogen-bond donors (Lipinski definition) is 2. The summed E-state index contributed by atoms with van der Waals surface area (Å²) in [5.41, 5.74) is 6.70. The van der Waals surface area contributed by atoms with Crippen LogP contribution in [0, 0.1) is 33.5 Å². The molecule has 4 nitrogen and oxygen atoms in total. The van der Waals surface area contributed by atoms with Crippen LogP contribution >= 0.6 is 0 Å². The molecule has 0 aromatic heterocycles. The van der Waals surface area contributed by atoms with Gasteiger partial charge in [-0.05, 0) is 69.4 Å². The van der Waals surface area contributed by atoms with Gasteiger partial charge >= 0.3 is 0 Å². The molecule has 0 radical (unpaired) electrons. The fourth-order valence-corrected chi connectivity index (χ4v) is 4.09. The first-order chi connectivity index (χ1) is 18.4. The lowest BCUT2D eigenvalue weighted by Crippen LogP contribution is -1.96. The molecular formula is C34H24N4. The molecule has 0 bridgehead atoms. The van der Waals surface area contributed by atoms with Gasteiger partial charge < -0.3 is 10.8 Å². The van der Waals surface area contributed by atoms with Gasteiger partial charge in [0.1, 0.15) is 0 Å². The molecule has 0 aliphatic heterocycles. The molecule has 0 unspecified atom stereocenters. The molecule has 180 valence electrons. The topological polar surface area (TPSA) is 95.3 Å². The standard InChI is InChI=1S/C34H24N4/c1-3-23(21-35)15-33(37)31-9-5-7-25(19-31)27-11-13-30-18-28(12-14-29(30)17-27)26-8-6-10-32(20-26)34(38)16-24(4-2)22-36/h3-20,37-38H,1-2H2/b23-15+,24-16+,37-33?,38-34?. The summed E-state index contributed by atoms with van der Waals surface area (Å²) in [6, 6.07) is 32.0. The molecule has 0 atom stereocenters. The average molecular weight is 489 g/mol. The molecule has 0 saturated carbocycles. The second kappa shape index (κ2) is 11.4. The van der Waals surface area contributed by atoms with Gasteiger partial charge in [0.15, 0.2) is 0 Å². The van der Waals surface area contributed by atoms with Crippen molar-refractivity contribution in [3.05, 3.63) is 145 Å². The Labute approximate surface area is 222 Å². The van der Waals surface area contributed by atoms with Crippen molar-refractivity contribution in [2.75, 3.05) is 0 Å². The van der Waals surface area contributed by atoms with Gasteiger partial charge in [0, 0.05) is 11.1 Å². The molecule has 4 aromatic carbocycles. The first kappa shape index (κ1) is 25.5. The van der Waals surface area contributed by atoms with Crippen LogP contribution in [-0.2, 0) is 0 Å². The minimum absolute atomic E-state index is 0.257. The van der Waals surface area contributed by atoms with Gasteiger partial charge in [-0.2, -0.15) is 10.5 Å². The number of benzene rings is 4. The third kappa shape index (κ3) is 5.62. The molecule has 0 saturated heterocycles. The summed E-state index contributed by atoms with van der Waals surface area (Å²) in [4.78, 5) is 0. The number of hydrogen-bond acceptors (Lipinski definition) is 4. The zero-order chi connectivity index (χ0) is 27.1. The number of rotatable bonds is 8. The van der Waals surface area contributed by atoms with Gasteiger partial charge in [-0.1, -0.05) is 86.0 Å². The summed E-state index contributed by atoms with van der Waals surface area (Å²) in [6.07, 6.45) is 5.92. The zero-order valence-electron chi connectivity index (χ0n) is 20.7. The largest absolute Gasteiger partial charge is 0.300 e. The number of nitrogens with one attached hydrogen (secondary N) is 2. The van der Waals surface area contributed by atoms with E-state index in [4.69, 9.17) is 21.3 Å². The van der Waals surface area contributed by atoms with Crippen LogP contribution in [0.15, 0.2) is 134 Å². The first-order valence-electron chi connectivity index (χ1n) is 11.9. The lowest BCUT2D eigenvalue weighted by atomic mass is 9.95. The van der Waals surface area contributed by atoms with E-state index < -0.39 is 0 Å². The molecule has 4 aromatic rings. The Morgan fingerprint density at radius 3 is 1.34 bits per heavy atom. The molecule has 0 amide bonds. The predicted octanol–water partition coefficient (Wildman–Crippen LogP) is 8.18. The molecule has 0 aliphatic carbocycles. The lowest BCUT2D eigenvalue weighted by Gasteiger charge is -2.09. The fraction of sp³-hybridized carbons (Fsp3) is 0. The van der Waals surface area contributed by atoms with Crippen LogP contribution < -0.4 is 0 Å². The van der Waals surface area contributed by atoms with Gasteiger partial charge in [0.2, 0.25) is 0 Å². The highest BCUT2D eigenvalue weighted by Crippen LogP contribution is 2.29. The van der Waals surface area contributed by atoms with Crippen LogP contribution in [0.3, 0.4) is 0 Å². The first-order valence-corrected chi connectivity index (χ1v) is 11.9. The summed E-state index contributed by atoms with van der Waals surface area (Å²) in [5.74, 6) is 0. The Bertz CT molecular complexity index is 1620. The van der Waals surface area contributed by atoms with Gasteiger partial charge in [0.05, 0.1) is 34.7 Å². The molecule has 0 aliphatic rings. The van der Waals surface area contributed by atoms with E-state index in [-0.39, 0.29) is 11.4 Å². The van der Waals surface area contributed by atoms with Gasteiger partial charge in [0.25, 0.3) is 0 Å². The molecular weight excluding hydrogens is 464 g/mol. The van der Waals surface area contributed by atoms with Crippen molar-refractivity contribution in [2.24, 2.45) is 0 Å². The Hall–Kier alpha value is -5.58. The number of fused-ring (bicyclic) bond motifs is 1. The predicted molar refractivity (Wildman–Crippen MR) is 156 cm³/mol. The van der Waals surface area contributed by atoms with Crippen molar-refractivity contribution < 1.29 is 0 Å². The van der Waals surface area contributed by atoms with E-state index in [1.807, 2.05) is 60.7 Å². The quantitative estimate of drug-likeness (QED) is 0.149. The maximum Gasteiger partial charge on any atom is 0.0992 e. The highest BCUT2D eigenvalue weighted by atomic mass is 14.4. The molecule has 0 spiro atoms. The molecule has 2 N–H and O–H groups in total. The van der Waals surface area contributed by atoms with Crippen LogP contribution in [0.25, 0.3) is 33.0 Å². The van der Waals surface area contributed by atoms with Gasteiger partial charge in [-0.25, -0.2) is 0 Å². The van der Waals surface area contributed by atoms with Crippen molar-refractivity contribution in [1.82, 2.24) is 0 Å². The molecule has 4 heteroatoms. The number of allylic oxidation sites excluding steroid dienone is 6. The summed E-state index contributed by atoms with van der Waals surface area (Å²) in [5, 5.41) is 37.1. The van der Waals surface area contributed by atoms with Gasteiger partial charge in [-0.3, -0.25) is 0 Å². The van der Waals surface area contributed by atoms with Crippen LogP contribution in [0.4, 0.5) is 0 Å². The van der Waals surface area contributed by atoms with Crippen LogP contribution in [0.5, 0.6) is 0 Å². The highest BCUT2D eigenvalue weighted by molar-refractivity contribution is 6.09. The normalized spacial score (nSPS) is 11.3. The smallest absolute Gasteiger partial charge is 0.0992 e. The second-order valence-electron chi connectivity index (χ2n) is 8.60. The van der Waals surface area contributed by atoms with E-state index >= 15 is 0 Å². The molecule has 4 rings (SSSR count).